The molecule has 5 nitrogen and oxygen atoms in total. The lowest BCUT2D eigenvalue weighted by Gasteiger charge is -2.22. The Bertz CT molecular complexity index is 554. The maximum atomic E-state index is 12.4. The van der Waals surface area contributed by atoms with E-state index >= 15 is 0 Å². The van der Waals surface area contributed by atoms with Gasteiger partial charge in [0.1, 0.15) is 0 Å². The van der Waals surface area contributed by atoms with Crippen molar-refractivity contribution in [2.45, 2.75) is 43.2 Å². The predicted molar refractivity (Wildman–Crippen MR) is 82.7 cm³/mol. The summed E-state index contributed by atoms with van der Waals surface area (Å²) < 4.78 is 32.9. The first kappa shape index (κ1) is 16.4. The van der Waals surface area contributed by atoms with Crippen LogP contribution in [0.25, 0.3) is 0 Å². The van der Waals surface area contributed by atoms with Crippen LogP contribution in [0.15, 0.2) is 29.2 Å². The van der Waals surface area contributed by atoms with E-state index in [9.17, 15) is 8.42 Å². The van der Waals surface area contributed by atoms with Gasteiger partial charge in [0.2, 0.25) is 10.0 Å². The minimum Gasteiger partial charge on any atom is -0.377 e. The van der Waals surface area contributed by atoms with Crippen molar-refractivity contribution in [1.29, 1.82) is 0 Å². The lowest BCUT2D eigenvalue weighted by atomic mass is 10.1. The summed E-state index contributed by atoms with van der Waals surface area (Å²) in [6, 6.07) is 7.14. The average Bonchev–Trinajstić information content (AvgIpc) is 2.53. The van der Waals surface area contributed by atoms with E-state index in [1.807, 2.05) is 20.0 Å². The van der Waals surface area contributed by atoms with Gasteiger partial charge in [0.05, 0.1) is 11.0 Å². The highest BCUT2D eigenvalue weighted by Gasteiger charge is 2.19. The zero-order chi connectivity index (χ0) is 15.3. The summed E-state index contributed by atoms with van der Waals surface area (Å²) in [5, 5.41) is 3.11. The molecule has 0 radical (unpaired) electrons. The highest BCUT2D eigenvalue weighted by molar-refractivity contribution is 7.89. The van der Waals surface area contributed by atoms with Crippen molar-refractivity contribution in [3.8, 4) is 0 Å². The molecule has 1 aliphatic rings. The Labute approximate surface area is 127 Å². The van der Waals surface area contributed by atoms with Crippen LogP contribution in [0.4, 0.5) is 0 Å². The van der Waals surface area contributed by atoms with Crippen molar-refractivity contribution in [3.05, 3.63) is 29.8 Å². The Morgan fingerprint density at radius 2 is 2.19 bits per heavy atom. The van der Waals surface area contributed by atoms with Gasteiger partial charge < -0.3 is 10.1 Å². The average molecular weight is 312 g/mol. The molecule has 2 unspecified atom stereocenters. The molecule has 1 heterocycles. The van der Waals surface area contributed by atoms with Gasteiger partial charge in [-0.15, -0.1) is 0 Å². The monoisotopic (exact) mass is 312 g/mol. The predicted octanol–water partition coefficient (Wildman–Crippen LogP) is 1.81. The van der Waals surface area contributed by atoms with E-state index in [0.717, 1.165) is 31.4 Å². The Morgan fingerprint density at radius 1 is 1.38 bits per heavy atom. The second-order valence-electron chi connectivity index (χ2n) is 5.42. The maximum absolute atomic E-state index is 12.4. The van der Waals surface area contributed by atoms with Gasteiger partial charge in [0.25, 0.3) is 0 Å². The fourth-order valence-corrected chi connectivity index (χ4v) is 3.49. The third-order valence-corrected chi connectivity index (χ3v) is 5.30. The molecule has 2 rings (SSSR count). The molecular formula is C15H24N2O3S. The molecule has 0 amide bonds. The van der Waals surface area contributed by atoms with E-state index in [4.69, 9.17) is 4.74 Å². The fourth-order valence-electron chi connectivity index (χ4n) is 2.37. The molecule has 2 atom stereocenters. The van der Waals surface area contributed by atoms with Gasteiger partial charge in [0.15, 0.2) is 0 Å². The van der Waals surface area contributed by atoms with Crippen molar-refractivity contribution in [3.63, 3.8) is 0 Å². The van der Waals surface area contributed by atoms with E-state index in [0.29, 0.717) is 11.4 Å². The van der Waals surface area contributed by atoms with Crippen LogP contribution in [0.5, 0.6) is 0 Å². The van der Waals surface area contributed by atoms with Crippen LogP contribution >= 0.6 is 0 Å². The molecule has 0 aliphatic carbocycles. The van der Waals surface area contributed by atoms with Crippen molar-refractivity contribution >= 4 is 10.0 Å². The summed E-state index contributed by atoms with van der Waals surface area (Å²) >= 11 is 0. The van der Waals surface area contributed by atoms with E-state index in [2.05, 4.69) is 10.0 Å². The van der Waals surface area contributed by atoms with Crippen LogP contribution in [-0.4, -0.2) is 34.7 Å². The van der Waals surface area contributed by atoms with Crippen molar-refractivity contribution in [2.24, 2.45) is 0 Å². The first-order valence-electron chi connectivity index (χ1n) is 7.41. The van der Waals surface area contributed by atoms with Crippen LogP contribution in [-0.2, 0) is 14.8 Å². The van der Waals surface area contributed by atoms with Gasteiger partial charge in [-0.2, -0.15) is 0 Å². The molecule has 0 bridgehead atoms. The number of hydrogen-bond donors (Lipinski definition) is 2. The maximum Gasteiger partial charge on any atom is 0.240 e. The molecular weight excluding hydrogens is 288 g/mol. The second-order valence-corrected chi connectivity index (χ2v) is 7.19. The normalized spacial score (nSPS) is 21.1. The standard InChI is InChI=1S/C15H24N2O3S/c1-12(16-2)13-6-5-8-15(10-13)21(18,19)17-11-14-7-3-4-9-20-14/h5-6,8,10,12,14,16-17H,3-4,7,9,11H2,1-2H3. The van der Waals surface area contributed by atoms with Crippen LogP contribution in [0.3, 0.4) is 0 Å². The van der Waals surface area contributed by atoms with E-state index in [1.54, 1.807) is 18.2 Å². The lowest BCUT2D eigenvalue weighted by Crippen LogP contribution is -2.35. The van der Waals surface area contributed by atoms with Crippen LogP contribution in [0, 0.1) is 0 Å². The Kier molecular flexibility index (Phi) is 5.75. The summed E-state index contributed by atoms with van der Waals surface area (Å²) in [7, 11) is -1.63. The lowest BCUT2D eigenvalue weighted by molar-refractivity contribution is 0.0200. The zero-order valence-corrected chi connectivity index (χ0v) is 13.4. The number of nitrogens with one attached hydrogen (secondary N) is 2. The molecule has 2 N–H and O–H groups in total. The smallest absolute Gasteiger partial charge is 0.240 e. The van der Waals surface area contributed by atoms with Crippen molar-refractivity contribution in [2.75, 3.05) is 20.2 Å². The molecule has 1 fully saturated rings. The molecule has 1 saturated heterocycles. The summed E-state index contributed by atoms with van der Waals surface area (Å²) in [4.78, 5) is 0.304. The van der Waals surface area contributed by atoms with Crippen molar-refractivity contribution in [1.82, 2.24) is 10.0 Å². The highest BCUT2D eigenvalue weighted by atomic mass is 32.2. The van der Waals surface area contributed by atoms with E-state index in [-0.39, 0.29) is 12.1 Å². The summed E-state index contributed by atoms with van der Waals surface area (Å²) in [5.41, 5.74) is 0.953. The van der Waals surface area contributed by atoms with Gasteiger partial charge in [-0.05, 0) is 50.9 Å². The quantitative estimate of drug-likeness (QED) is 0.841. The largest absolute Gasteiger partial charge is 0.377 e. The van der Waals surface area contributed by atoms with Gasteiger partial charge in [-0.1, -0.05) is 12.1 Å². The van der Waals surface area contributed by atoms with E-state index < -0.39 is 10.0 Å². The summed E-state index contributed by atoms with van der Waals surface area (Å²) in [6.07, 6.45) is 3.07. The Hall–Kier alpha value is -0.950. The van der Waals surface area contributed by atoms with Crippen molar-refractivity contribution < 1.29 is 13.2 Å². The molecule has 0 aromatic heterocycles. The zero-order valence-electron chi connectivity index (χ0n) is 12.6. The minimum absolute atomic E-state index is 0.00654. The number of sulfonamides is 1. The molecule has 1 aromatic rings. The van der Waals surface area contributed by atoms with Gasteiger partial charge in [-0.25, -0.2) is 13.1 Å². The SMILES string of the molecule is CNC(C)c1cccc(S(=O)(=O)NCC2CCCCO2)c1. The highest BCUT2D eigenvalue weighted by Crippen LogP contribution is 2.18. The number of rotatable bonds is 6. The summed E-state index contributed by atoms with van der Waals surface area (Å²) in [6.45, 7) is 3.06. The van der Waals surface area contributed by atoms with Crippen LogP contribution in [0.2, 0.25) is 0 Å². The van der Waals surface area contributed by atoms with Crippen LogP contribution in [0.1, 0.15) is 37.8 Å². The molecule has 0 saturated carbocycles. The molecule has 0 spiro atoms. The first-order chi connectivity index (χ1) is 10.0. The number of hydrogen-bond acceptors (Lipinski definition) is 4. The Balaban J connectivity index is 2.04. The Morgan fingerprint density at radius 3 is 2.86 bits per heavy atom. The molecule has 1 aromatic carbocycles. The molecule has 21 heavy (non-hydrogen) atoms. The molecule has 1 aliphatic heterocycles. The topological polar surface area (TPSA) is 67.4 Å². The number of benzene rings is 1. The first-order valence-corrected chi connectivity index (χ1v) is 8.90. The second kappa shape index (κ2) is 7.35. The summed E-state index contributed by atoms with van der Waals surface area (Å²) in [5.74, 6) is 0. The fraction of sp³-hybridized carbons (Fsp3) is 0.600. The molecule has 6 heteroatoms. The molecule has 118 valence electrons. The van der Waals surface area contributed by atoms with Gasteiger partial charge in [0, 0.05) is 19.2 Å². The van der Waals surface area contributed by atoms with Gasteiger partial charge in [-0.3, -0.25) is 0 Å². The minimum atomic E-state index is -3.48. The van der Waals surface area contributed by atoms with E-state index in [1.165, 1.54) is 0 Å². The number of ether oxygens (including phenoxy) is 1. The third-order valence-electron chi connectivity index (χ3n) is 3.88. The van der Waals surface area contributed by atoms with Crippen LogP contribution < -0.4 is 10.0 Å². The van der Waals surface area contributed by atoms with Gasteiger partial charge >= 0.3 is 0 Å². The third kappa shape index (κ3) is 4.51.